The predicted molar refractivity (Wildman–Crippen MR) is 79.9 cm³/mol. The number of nitriles is 1. The van der Waals surface area contributed by atoms with E-state index in [1.807, 2.05) is 31.2 Å². The maximum atomic E-state index is 7.91. The number of nitrogens with zero attached hydrogens (tertiary/aromatic N) is 4. The molecule has 6 heteroatoms. The van der Waals surface area contributed by atoms with Gasteiger partial charge in [-0.1, -0.05) is 17.7 Å². The topological polar surface area (TPSA) is 94.7 Å². The van der Waals surface area contributed by atoms with E-state index >= 15 is 0 Å². The first-order valence-electron chi connectivity index (χ1n) is 5.92. The van der Waals surface area contributed by atoms with E-state index in [4.69, 9.17) is 16.4 Å². The van der Waals surface area contributed by atoms with E-state index in [1.54, 1.807) is 29.9 Å². The molecule has 1 heterocycles. The van der Waals surface area contributed by atoms with E-state index in [0.717, 1.165) is 5.69 Å². The number of benzene rings is 1. The molecular formula is C14H18N6. The van der Waals surface area contributed by atoms with Crippen LogP contribution >= 0.6 is 0 Å². The molecule has 0 bridgehead atoms. The van der Waals surface area contributed by atoms with Gasteiger partial charge >= 0.3 is 0 Å². The molecule has 0 aliphatic heterocycles. The van der Waals surface area contributed by atoms with Gasteiger partial charge in [-0.3, -0.25) is 9.98 Å². The lowest BCUT2D eigenvalue weighted by Gasteiger charge is -2.12. The molecule has 0 saturated carbocycles. The van der Waals surface area contributed by atoms with Crippen LogP contribution in [0, 0.1) is 24.2 Å². The summed E-state index contributed by atoms with van der Waals surface area (Å²) >= 11 is 0. The zero-order chi connectivity index (χ0) is 15.3. The highest BCUT2D eigenvalue weighted by Gasteiger charge is 2.14. The Morgan fingerprint density at radius 1 is 1.30 bits per heavy atom. The highest BCUT2D eigenvalue weighted by Crippen LogP contribution is 2.18. The average molecular weight is 270 g/mol. The van der Waals surface area contributed by atoms with Crippen LogP contribution in [0.2, 0.25) is 0 Å². The van der Waals surface area contributed by atoms with Gasteiger partial charge < -0.3 is 10.6 Å². The van der Waals surface area contributed by atoms with Crippen LogP contribution in [0.1, 0.15) is 11.3 Å². The third kappa shape index (κ3) is 2.95. The number of aromatic nitrogens is 2. The van der Waals surface area contributed by atoms with Gasteiger partial charge in [-0.15, -0.1) is 0 Å². The number of hydrogen-bond acceptors (Lipinski definition) is 4. The second-order valence-electron chi connectivity index (χ2n) is 4.43. The molecule has 20 heavy (non-hydrogen) atoms. The largest absolute Gasteiger partial charge is 0.383 e. The monoisotopic (exact) mass is 270 g/mol. The molecule has 0 aliphatic carbocycles. The molecule has 0 radical (unpaired) electrons. The maximum Gasteiger partial charge on any atom is 0.150 e. The average Bonchev–Trinajstić information content (AvgIpc) is 2.83. The van der Waals surface area contributed by atoms with Crippen LogP contribution < -0.4 is 5.73 Å². The zero-order valence-electron chi connectivity index (χ0n) is 11.8. The summed E-state index contributed by atoms with van der Waals surface area (Å²) in [6.45, 7) is 5.54. The molecular weight excluding hydrogens is 252 g/mol. The van der Waals surface area contributed by atoms with Gasteiger partial charge in [-0.05, 0) is 19.1 Å². The van der Waals surface area contributed by atoms with Gasteiger partial charge in [0.25, 0.3) is 0 Å². The number of nitrogen functional groups attached to an aromatic ring is 1. The molecule has 0 spiro atoms. The van der Waals surface area contributed by atoms with E-state index in [0.29, 0.717) is 17.3 Å². The van der Waals surface area contributed by atoms with Crippen LogP contribution in [0.3, 0.4) is 0 Å². The molecule has 0 aliphatic rings. The Balaban J connectivity index is 0.000000956. The molecule has 0 atom stereocenters. The molecule has 0 amide bonds. The molecule has 104 valence electrons. The second-order valence-corrected chi connectivity index (χ2v) is 4.43. The van der Waals surface area contributed by atoms with Gasteiger partial charge in [0.1, 0.15) is 23.7 Å². The Morgan fingerprint density at radius 3 is 2.35 bits per heavy atom. The fourth-order valence-electron chi connectivity index (χ4n) is 1.66. The first-order chi connectivity index (χ1) is 9.50. The van der Waals surface area contributed by atoms with Crippen molar-refractivity contribution in [2.75, 3.05) is 19.8 Å². The van der Waals surface area contributed by atoms with Crippen LogP contribution in [0.15, 0.2) is 30.6 Å². The predicted octanol–water partition coefficient (Wildman–Crippen LogP) is 1.79. The fraction of sp³-hybridized carbons (Fsp3) is 0.214. The Labute approximate surface area is 118 Å². The summed E-state index contributed by atoms with van der Waals surface area (Å²) in [5, 5.41) is 14.4. The standard InChI is InChI=1S/C13H17N5.CHN/c1-9-4-6-10(7-5-9)18-8-16-11(13(18)15)12(14)17(2)3;1-2/h4-8,14H,15H2,1-3H3;1H. The summed E-state index contributed by atoms with van der Waals surface area (Å²) in [7, 11) is 3.60. The summed E-state index contributed by atoms with van der Waals surface area (Å²) in [6, 6.07) is 8.00. The lowest BCUT2D eigenvalue weighted by Crippen LogP contribution is -2.23. The normalized spacial score (nSPS) is 9.45. The number of hydrogen-bond donors (Lipinski definition) is 2. The number of imidazole rings is 1. The lowest BCUT2D eigenvalue weighted by molar-refractivity contribution is 0.617. The van der Waals surface area contributed by atoms with Crippen LogP contribution in [-0.4, -0.2) is 34.4 Å². The van der Waals surface area contributed by atoms with Gasteiger partial charge in [0.2, 0.25) is 0 Å². The number of nitrogens with two attached hydrogens (primary N) is 1. The summed E-state index contributed by atoms with van der Waals surface area (Å²) in [5.41, 5.74) is 8.69. The Kier molecular flexibility index (Phi) is 4.87. The minimum Gasteiger partial charge on any atom is -0.383 e. The van der Waals surface area contributed by atoms with Crippen molar-refractivity contribution >= 4 is 11.7 Å². The van der Waals surface area contributed by atoms with Crippen molar-refractivity contribution in [2.45, 2.75) is 6.92 Å². The third-order valence-electron chi connectivity index (χ3n) is 2.79. The molecule has 3 N–H and O–H groups in total. The van der Waals surface area contributed by atoms with Crippen LogP contribution in [0.25, 0.3) is 5.69 Å². The van der Waals surface area contributed by atoms with Gasteiger partial charge in [-0.2, -0.15) is 0 Å². The molecule has 2 aromatic rings. The Morgan fingerprint density at radius 2 is 1.85 bits per heavy atom. The van der Waals surface area contributed by atoms with Crippen molar-refractivity contribution in [1.29, 1.82) is 10.7 Å². The van der Waals surface area contributed by atoms with E-state index in [2.05, 4.69) is 11.6 Å². The lowest BCUT2D eigenvalue weighted by atomic mass is 10.2. The summed E-state index contributed by atoms with van der Waals surface area (Å²) in [6.07, 6.45) is 1.65. The molecule has 6 nitrogen and oxygen atoms in total. The summed E-state index contributed by atoms with van der Waals surface area (Å²) in [4.78, 5) is 5.89. The van der Waals surface area contributed by atoms with E-state index in [9.17, 15) is 0 Å². The minimum absolute atomic E-state index is 0.304. The van der Waals surface area contributed by atoms with Gasteiger partial charge in [0.15, 0.2) is 0 Å². The highest BCUT2D eigenvalue weighted by molar-refractivity contribution is 5.98. The number of aryl methyl sites for hydroxylation is 1. The van der Waals surface area contributed by atoms with Gasteiger partial charge in [0.05, 0.1) is 0 Å². The van der Waals surface area contributed by atoms with Crippen molar-refractivity contribution in [3.63, 3.8) is 0 Å². The highest BCUT2D eigenvalue weighted by atomic mass is 15.2. The van der Waals surface area contributed by atoms with Crippen molar-refractivity contribution in [1.82, 2.24) is 14.5 Å². The van der Waals surface area contributed by atoms with E-state index in [1.165, 1.54) is 5.56 Å². The number of nitrogens with one attached hydrogen (secondary N) is 1. The molecule has 0 unspecified atom stereocenters. The number of anilines is 1. The van der Waals surface area contributed by atoms with Crippen molar-refractivity contribution in [3.05, 3.63) is 41.9 Å². The number of rotatable bonds is 2. The first-order valence-corrected chi connectivity index (χ1v) is 5.92. The quantitative estimate of drug-likeness (QED) is 0.642. The first kappa shape index (κ1) is 15.2. The Hall–Kier alpha value is -2.81. The Bertz CT molecular complexity index is 606. The van der Waals surface area contributed by atoms with E-state index in [-0.39, 0.29) is 0 Å². The van der Waals surface area contributed by atoms with Crippen molar-refractivity contribution < 1.29 is 0 Å². The summed E-state index contributed by atoms with van der Waals surface area (Å²) < 4.78 is 1.78. The molecule has 2 rings (SSSR count). The van der Waals surface area contributed by atoms with Crippen LogP contribution in [0.4, 0.5) is 5.82 Å². The van der Waals surface area contributed by atoms with Crippen LogP contribution in [-0.2, 0) is 0 Å². The van der Waals surface area contributed by atoms with Gasteiger partial charge in [-0.25, -0.2) is 10.2 Å². The van der Waals surface area contributed by atoms with E-state index < -0.39 is 0 Å². The SMILES string of the molecule is C#N.Cc1ccc(-n2cnc(C(=N)N(C)C)c2N)cc1. The zero-order valence-corrected chi connectivity index (χ0v) is 11.8. The second kappa shape index (κ2) is 6.38. The van der Waals surface area contributed by atoms with Gasteiger partial charge in [0, 0.05) is 26.4 Å². The minimum atomic E-state index is 0.304. The van der Waals surface area contributed by atoms with Crippen molar-refractivity contribution in [2.24, 2.45) is 0 Å². The summed E-state index contributed by atoms with van der Waals surface area (Å²) in [5.74, 6) is 0.788. The van der Waals surface area contributed by atoms with Crippen LogP contribution in [0.5, 0.6) is 0 Å². The molecule has 1 aromatic heterocycles. The third-order valence-corrected chi connectivity index (χ3v) is 2.79. The molecule has 0 fully saturated rings. The number of amidine groups is 1. The molecule has 0 saturated heterocycles. The maximum absolute atomic E-state index is 7.91. The van der Waals surface area contributed by atoms with Crippen molar-refractivity contribution in [3.8, 4) is 12.3 Å². The smallest absolute Gasteiger partial charge is 0.150 e. The molecule has 1 aromatic carbocycles. The fourth-order valence-corrected chi connectivity index (χ4v) is 1.66.